The summed E-state index contributed by atoms with van der Waals surface area (Å²) < 4.78 is 0. The summed E-state index contributed by atoms with van der Waals surface area (Å²) in [7, 11) is 0. The maximum atomic E-state index is 9.61. The van der Waals surface area contributed by atoms with Gasteiger partial charge in [0.05, 0.1) is 34.1 Å². The fourth-order valence-corrected chi connectivity index (χ4v) is 17.6. The molecule has 2 unspecified atom stereocenters. The SMILES string of the molecule is N#Cc1ccc(-c2cc3c(c4ccccc24)-c2ccccc2C3(c2ccccc2)c2cccc(-c3nc(-c4ccccc4)nc(-c4ccccc4)n3)c2)cc1.N#Cc1ccc(-c2ccc(C3(c4cccc(-c5ccc(-c6nc(-c7ccccc7)nc(-c7ccccc7)n6)cc5)c4)c4ccccc4-c4c3ccc3ccccc43)cc2)cc1. The Balaban J connectivity index is 0.000000150. The van der Waals surface area contributed by atoms with E-state index in [9.17, 15) is 10.5 Å². The van der Waals surface area contributed by atoms with Crippen molar-refractivity contribution >= 4 is 21.5 Å². The lowest BCUT2D eigenvalue weighted by molar-refractivity contribution is 0.769. The highest BCUT2D eigenvalue weighted by molar-refractivity contribution is 6.10. The zero-order valence-corrected chi connectivity index (χ0v) is 62.8. The average Bonchev–Trinajstić information content (AvgIpc) is 1.53. The van der Waals surface area contributed by atoms with E-state index >= 15 is 0 Å². The van der Waals surface area contributed by atoms with Gasteiger partial charge in [0.2, 0.25) is 0 Å². The first-order chi connectivity index (χ1) is 57.4. The summed E-state index contributed by atoms with van der Waals surface area (Å²) in [5.41, 5.74) is 26.8. The monoisotopic (exact) mass is 1480 g/mol. The molecule has 2 aromatic heterocycles. The van der Waals surface area contributed by atoms with Crippen LogP contribution in [0, 0.1) is 22.7 Å². The molecule has 0 amide bonds. The molecule has 2 aliphatic rings. The van der Waals surface area contributed by atoms with Crippen molar-refractivity contribution in [3.8, 4) is 136 Å². The quantitative estimate of drug-likeness (QED) is 0.112. The molecule has 0 radical (unpaired) electrons. The van der Waals surface area contributed by atoms with Crippen molar-refractivity contribution in [3.05, 3.63) is 468 Å². The van der Waals surface area contributed by atoms with Crippen molar-refractivity contribution in [3.63, 3.8) is 0 Å². The van der Waals surface area contributed by atoms with Gasteiger partial charge in [0.15, 0.2) is 34.9 Å². The summed E-state index contributed by atoms with van der Waals surface area (Å²) in [6.45, 7) is 0. The van der Waals surface area contributed by atoms with Crippen LogP contribution in [0.25, 0.3) is 146 Å². The van der Waals surface area contributed by atoms with Crippen LogP contribution in [0.2, 0.25) is 0 Å². The second-order valence-electron chi connectivity index (χ2n) is 29.3. The maximum Gasteiger partial charge on any atom is 0.164 e. The molecule has 19 aromatic rings. The van der Waals surface area contributed by atoms with Gasteiger partial charge < -0.3 is 0 Å². The Morgan fingerprint density at radius 1 is 0.190 bits per heavy atom. The lowest BCUT2D eigenvalue weighted by atomic mass is 9.67. The second kappa shape index (κ2) is 29.5. The highest BCUT2D eigenvalue weighted by Gasteiger charge is 2.49. The van der Waals surface area contributed by atoms with Crippen molar-refractivity contribution < 1.29 is 0 Å². The fourth-order valence-electron chi connectivity index (χ4n) is 17.6. The number of hydrogen-bond donors (Lipinski definition) is 0. The van der Waals surface area contributed by atoms with Gasteiger partial charge in [0.25, 0.3) is 0 Å². The Morgan fingerprint density at radius 3 is 1.02 bits per heavy atom. The third-order valence-corrected chi connectivity index (χ3v) is 22.9. The highest BCUT2D eigenvalue weighted by Crippen LogP contribution is 2.61. The van der Waals surface area contributed by atoms with Gasteiger partial charge in [0.1, 0.15) is 0 Å². The van der Waals surface area contributed by atoms with Crippen LogP contribution in [-0.2, 0) is 10.8 Å². The van der Waals surface area contributed by atoms with E-state index in [-0.39, 0.29) is 0 Å². The molecule has 8 nitrogen and oxygen atoms in total. The van der Waals surface area contributed by atoms with E-state index in [1.165, 1.54) is 82.7 Å². The average molecular weight is 1480 g/mol. The Morgan fingerprint density at radius 2 is 0.517 bits per heavy atom. The lowest BCUT2D eigenvalue weighted by Crippen LogP contribution is -2.28. The van der Waals surface area contributed by atoms with Gasteiger partial charge in [-0.2, -0.15) is 10.5 Å². The van der Waals surface area contributed by atoms with E-state index in [0.717, 1.165) is 72.3 Å². The van der Waals surface area contributed by atoms with Crippen LogP contribution >= 0.6 is 0 Å². The zero-order valence-electron chi connectivity index (χ0n) is 62.8. The topological polar surface area (TPSA) is 125 Å². The molecule has 540 valence electrons. The van der Waals surface area contributed by atoms with Crippen molar-refractivity contribution in [1.29, 1.82) is 10.5 Å². The molecule has 0 N–H and O–H groups in total. The minimum atomic E-state index is -0.674. The zero-order chi connectivity index (χ0) is 77.5. The maximum absolute atomic E-state index is 9.61. The molecule has 17 aromatic carbocycles. The molecular weight excluding hydrogens is 1410 g/mol. The Bertz CT molecular complexity index is 6930. The fraction of sp³-hybridized carbons (Fsp3) is 0.0185. The van der Waals surface area contributed by atoms with E-state index in [0.29, 0.717) is 46.1 Å². The third-order valence-electron chi connectivity index (χ3n) is 22.9. The van der Waals surface area contributed by atoms with Gasteiger partial charge in [-0.1, -0.05) is 370 Å². The molecule has 0 spiro atoms. The number of nitriles is 2. The first kappa shape index (κ1) is 69.5. The molecule has 0 saturated heterocycles. The van der Waals surface area contributed by atoms with Crippen LogP contribution in [-0.4, -0.2) is 29.9 Å². The minimum Gasteiger partial charge on any atom is -0.208 e. The number of rotatable bonds is 13. The van der Waals surface area contributed by atoms with Crippen molar-refractivity contribution in [2.75, 3.05) is 0 Å². The van der Waals surface area contributed by atoms with Crippen LogP contribution < -0.4 is 0 Å². The summed E-state index contributed by atoms with van der Waals surface area (Å²) in [5.74, 6) is 3.78. The molecule has 2 heterocycles. The molecule has 0 bridgehead atoms. The van der Waals surface area contributed by atoms with Crippen LogP contribution in [0.3, 0.4) is 0 Å². The molecule has 2 aliphatic carbocycles. The summed E-state index contributed by atoms with van der Waals surface area (Å²) in [6.07, 6.45) is 0. The molecule has 0 saturated carbocycles. The Labute approximate surface area is 672 Å². The number of fused-ring (bicyclic) bond motifs is 10. The molecular formula is C108H68N8. The largest absolute Gasteiger partial charge is 0.208 e. The lowest BCUT2D eigenvalue weighted by Gasteiger charge is -2.34. The smallest absolute Gasteiger partial charge is 0.164 e. The van der Waals surface area contributed by atoms with Crippen LogP contribution in [0.15, 0.2) is 413 Å². The predicted molar refractivity (Wildman–Crippen MR) is 468 cm³/mol. The number of hydrogen-bond acceptors (Lipinski definition) is 8. The first-order valence-electron chi connectivity index (χ1n) is 38.9. The molecule has 0 fully saturated rings. The normalized spacial score (nSPS) is 14.1. The van der Waals surface area contributed by atoms with Crippen molar-refractivity contribution in [2.24, 2.45) is 0 Å². The Hall–Kier alpha value is -15.7. The van der Waals surface area contributed by atoms with Crippen molar-refractivity contribution in [2.45, 2.75) is 10.8 Å². The summed E-state index contributed by atoms with van der Waals surface area (Å²) in [4.78, 5) is 30.0. The molecule has 0 aliphatic heterocycles. The summed E-state index contributed by atoms with van der Waals surface area (Å²) >= 11 is 0. The van der Waals surface area contributed by atoms with Crippen LogP contribution in [0.5, 0.6) is 0 Å². The first-order valence-corrected chi connectivity index (χ1v) is 38.9. The van der Waals surface area contributed by atoms with Crippen molar-refractivity contribution in [1.82, 2.24) is 29.9 Å². The standard InChI is InChI=1S/C57H36N4.C51H32N4/c58-37-38-22-24-39(25-23-38)40-30-33-47(34-31-40)57(51-21-10-9-20-50(51)53-49-19-8-7-12-42(49)32-35-52(53)57)48-18-11-17-46(36-48)41-26-28-45(29-27-41)56-60-54(43-13-3-1-4-14-43)59-55(61-56)44-15-5-2-6-16-44;52-33-34-27-29-35(30-28-34)44-32-46-47(42-24-11-10-23-41(42)44)43-25-12-13-26-45(43)51(46,39-20-8-3-9-21-39)40-22-14-19-38(31-40)50-54-48(36-15-4-1-5-16-36)53-49(55-50)37-17-6-2-7-18-37/h1-36H;1-32H. The van der Waals surface area contributed by atoms with Gasteiger partial charge in [-0.3, -0.25) is 0 Å². The molecule has 2 atom stereocenters. The van der Waals surface area contributed by atoms with E-state index in [1.54, 1.807) is 0 Å². The van der Waals surface area contributed by atoms with Crippen LogP contribution in [0.1, 0.15) is 55.6 Å². The summed E-state index contributed by atoms with van der Waals surface area (Å²) in [5, 5.41) is 23.8. The minimum absolute atomic E-state index is 0.596. The second-order valence-corrected chi connectivity index (χ2v) is 29.3. The Kier molecular flexibility index (Phi) is 17.7. The van der Waals surface area contributed by atoms with E-state index in [2.05, 4.69) is 267 Å². The van der Waals surface area contributed by atoms with Crippen LogP contribution in [0.4, 0.5) is 0 Å². The van der Waals surface area contributed by atoms with Gasteiger partial charge in [-0.25, -0.2) is 29.9 Å². The molecule has 116 heavy (non-hydrogen) atoms. The number of aromatic nitrogens is 6. The summed E-state index contributed by atoms with van der Waals surface area (Å²) in [6, 6.07) is 149. The predicted octanol–water partition coefficient (Wildman–Crippen LogP) is 25.5. The van der Waals surface area contributed by atoms with Gasteiger partial charge >= 0.3 is 0 Å². The van der Waals surface area contributed by atoms with E-state index < -0.39 is 10.8 Å². The van der Waals surface area contributed by atoms with Gasteiger partial charge in [-0.15, -0.1) is 0 Å². The van der Waals surface area contributed by atoms with E-state index in [1.807, 2.05) is 158 Å². The van der Waals surface area contributed by atoms with Gasteiger partial charge in [0, 0.05) is 33.4 Å². The molecule has 21 rings (SSSR count). The number of benzene rings is 17. The van der Waals surface area contributed by atoms with E-state index in [4.69, 9.17) is 29.9 Å². The number of nitrogens with zero attached hydrogens (tertiary/aromatic N) is 8. The third kappa shape index (κ3) is 12.1. The highest BCUT2D eigenvalue weighted by atomic mass is 15.0. The van der Waals surface area contributed by atoms with Gasteiger partial charge in [-0.05, 0) is 164 Å². The molecule has 8 heteroatoms.